The van der Waals surface area contributed by atoms with Crippen molar-refractivity contribution in [2.24, 2.45) is 5.92 Å². The first-order valence-electron chi connectivity index (χ1n) is 7.21. The molecule has 1 aliphatic rings. The van der Waals surface area contributed by atoms with Gasteiger partial charge in [-0.1, -0.05) is 56.0 Å². The lowest BCUT2D eigenvalue weighted by atomic mass is 10.0. The lowest BCUT2D eigenvalue weighted by Gasteiger charge is -2.12. The van der Waals surface area contributed by atoms with Crippen LogP contribution in [0.5, 0.6) is 0 Å². The van der Waals surface area contributed by atoms with Gasteiger partial charge in [-0.2, -0.15) is 0 Å². The van der Waals surface area contributed by atoms with E-state index in [0.29, 0.717) is 13.0 Å². The van der Waals surface area contributed by atoms with Gasteiger partial charge in [-0.25, -0.2) is 0 Å². The fourth-order valence-electron chi connectivity index (χ4n) is 2.71. The van der Waals surface area contributed by atoms with Crippen LogP contribution in [0.25, 0.3) is 0 Å². The molecule has 1 unspecified atom stereocenters. The molecular weight excluding hydrogens is 258 g/mol. The molecule has 0 spiro atoms. The smallest absolute Gasteiger partial charge is 0.220 e. The lowest BCUT2D eigenvalue weighted by Crippen LogP contribution is -2.27. The molecule has 19 heavy (non-hydrogen) atoms. The Labute approximate surface area is 120 Å². The summed E-state index contributed by atoms with van der Waals surface area (Å²) < 4.78 is 0. The molecule has 1 saturated carbocycles. The maximum atomic E-state index is 11.8. The molecule has 1 N–H and O–H groups in total. The predicted octanol–water partition coefficient (Wildman–Crippen LogP) is 4.05. The fourth-order valence-corrected chi connectivity index (χ4v) is 2.93. The Morgan fingerprint density at radius 1 is 1.26 bits per heavy atom. The van der Waals surface area contributed by atoms with Gasteiger partial charge < -0.3 is 5.32 Å². The van der Waals surface area contributed by atoms with Crippen molar-refractivity contribution in [2.75, 3.05) is 6.54 Å². The number of alkyl halides is 1. The zero-order chi connectivity index (χ0) is 13.5. The fraction of sp³-hybridized carbons (Fsp3) is 0.562. The summed E-state index contributed by atoms with van der Waals surface area (Å²) in [6.45, 7) is 0.509. The number of hydrogen-bond acceptors (Lipinski definition) is 1. The SMILES string of the molecule is O=C(CCC1CCCC1)NCC(Cl)c1ccccc1. The Bertz CT molecular complexity index is 387. The maximum Gasteiger partial charge on any atom is 0.220 e. The van der Waals surface area contributed by atoms with Gasteiger partial charge in [0.05, 0.1) is 5.38 Å². The number of amides is 1. The van der Waals surface area contributed by atoms with E-state index in [1.807, 2.05) is 30.3 Å². The van der Waals surface area contributed by atoms with E-state index in [0.717, 1.165) is 17.9 Å². The molecule has 1 aromatic rings. The van der Waals surface area contributed by atoms with Crippen molar-refractivity contribution in [2.45, 2.75) is 43.9 Å². The molecule has 0 saturated heterocycles. The number of benzene rings is 1. The Hall–Kier alpha value is -1.02. The minimum absolute atomic E-state index is 0.133. The molecule has 3 heteroatoms. The van der Waals surface area contributed by atoms with E-state index in [-0.39, 0.29) is 11.3 Å². The third-order valence-electron chi connectivity index (χ3n) is 3.89. The van der Waals surface area contributed by atoms with Gasteiger partial charge in [-0.3, -0.25) is 4.79 Å². The van der Waals surface area contributed by atoms with Crippen LogP contribution in [0.4, 0.5) is 0 Å². The van der Waals surface area contributed by atoms with Gasteiger partial charge in [0.2, 0.25) is 5.91 Å². The van der Waals surface area contributed by atoms with Crippen molar-refractivity contribution in [3.8, 4) is 0 Å². The number of hydrogen-bond donors (Lipinski definition) is 1. The second-order valence-electron chi connectivity index (χ2n) is 5.37. The van der Waals surface area contributed by atoms with Crippen molar-refractivity contribution in [1.29, 1.82) is 0 Å². The lowest BCUT2D eigenvalue weighted by molar-refractivity contribution is -0.121. The van der Waals surface area contributed by atoms with Crippen LogP contribution in [-0.4, -0.2) is 12.5 Å². The summed E-state index contributed by atoms with van der Waals surface area (Å²) in [4.78, 5) is 11.8. The van der Waals surface area contributed by atoms with Crippen LogP contribution < -0.4 is 5.32 Å². The molecule has 1 atom stereocenters. The third kappa shape index (κ3) is 4.87. The van der Waals surface area contributed by atoms with Gasteiger partial charge >= 0.3 is 0 Å². The molecule has 2 nitrogen and oxygen atoms in total. The van der Waals surface area contributed by atoms with E-state index < -0.39 is 0 Å². The monoisotopic (exact) mass is 279 g/mol. The molecule has 104 valence electrons. The molecule has 0 radical (unpaired) electrons. The molecule has 1 aliphatic carbocycles. The van der Waals surface area contributed by atoms with E-state index in [9.17, 15) is 4.79 Å². The highest BCUT2D eigenvalue weighted by Crippen LogP contribution is 2.28. The average Bonchev–Trinajstić information content (AvgIpc) is 2.96. The number of carbonyl (C=O) groups is 1. The van der Waals surface area contributed by atoms with E-state index in [2.05, 4.69) is 5.32 Å². The van der Waals surface area contributed by atoms with E-state index >= 15 is 0 Å². The topological polar surface area (TPSA) is 29.1 Å². The van der Waals surface area contributed by atoms with Gasteiger partial charge in [-0.05, 0) is 17.9 Å². The number of carbonyl (C=O) groups excluding carboxylic acids is 1. The van der Waals surface area contributed by atoms with Crippen LogP contribution in [-0.2, 0) is 4.79 Å². The summed E-state index contributed by atoms with van der Waals surface area (Å²) >= 11 is 6.26. The van der Waals surface area contributed by atoms with Gasteiger partial charge in [0.1, 0.15) is 0 Å². The van der Waals surface area contributed by atoms with Crippen LogP contribution in [0, 0.1) is 5.92 Å². The van der Waals surface area contributed by atoms with Crippen LogP contribution >= 0.6 is 11.6 Å². The van der Waals surface area contributed by atoms with Crippen molar-refractivity contribution in [3.63, 3.8) is 0 Å². The van der Waals surface area contributed by atoms with Crippen LogP contribution in [0.2, 0.25) is 0 Å². The molecule has 1 aromatic carbocycles. The molecule has 0 heterocycles. The Morgan fingerprint density at radius 3 is 2.63 bits per heavy atom. The summed E-state index contributed by atoms with van der Waals surface area (Å²) in [5.41, 5.74) is 1.06. The van der Waals surface area contributed by atoms with Gasteiger partial charge in [-0.15, -0.1) is 11.6 Å². The summed E-state index contributed by atoms with van der Waals surface area (Å²) in [5, 5.41) is 2.79. The highest BCUT2D eigenvalue weighted by molar-refractivity contribution is 6.21. The zero-order valence-corrected chi connectivity index (χ0v) is 12.0. The minimum Gasteiger partial charge on any atom is -0.354 e. The third-order valence-corrected chi connectivity index (χ3v) is 4.30. The zero-order valence-electron chi connectivity index (χ0n) is 11.3. The van der Waals surface area contributed by atoms with Crippen molar-refractivity contribution in [1.82, 2.24) is 5.32 Å². The number of nitrogens with one attached hydrogen (secondary N) is 1. The second kappa shape index (κ2) is 7.54. The van der Waals surface area contributed by atoms with Gasteiger partial charge in [0.15, 0.2) is 0 Å². The first-order valence-corrected chi connectivity index (χ1v) is 7.65. The second-order valence-corrected chi connectivity index (χ2v) is 5.90. The highest BCUT2D eigenvalue weighted by atomic mass is 35.5. The highest BCUT2D eigenvalue weighted by Gasteiger charge is 2.16. The Balaban J connectivity index is 1.65. The predicted molar refractivity (Wildman–Crippen MR) is 79.2 cm³/mol. The molecule has 0 aliphatic heterocycles. The van der Waals surface area contributed by atoms with Crippen LogP contribution in [0.3, 0.4) is 0 Å². The van der Waals surface area contributed by atoms with Crippen LogP contribution in [0.1, 0.15) is 49.5 Å². The van der Waals surface area contributed by atoms with Crippen molar-refractivity contribution < 1.29 is 4.79 Å². The molecular formula is C16H22ClNO. The largest absolute Gasteiger partial charge is 0.354 e. The van der Waals surface area contributed by atoms with Crippen molar-refractivity contribution in [3.05, 3.63) is 35.9 Å². The molecule has 1 fully saturated rings. The number of halogens is 1. The molecule has 0 bridgehead atoms. The van der Waals surface area contributed by atoms with Crippen molar-refractivity contribution >= 4 is 17.5 Å². The first kappa shape index (κ1) is 14.4. The van der Waals surface area contributed by atoms with E-state index in [1.165, 1.54) is 25.7 Å². The van der Waals surface area contributed by atoms with E-state index in [4.69, 9.17) is 11.6 Å². The molecule has 1 amide bonds. The maximum absolute atomic E-state index is 11.8. The Morgan fingerprint density at radius 2 is 1.95 bits per heavy atom. The standard InChI is InChI=1S/C16H22ClNO/c17-15(14-8-2-1-3-9-14)12-18-16(19)11-10-13-6-4-5-7-13/h1-3,8-9,13,15H,4-7,10-12H2,(H,18,19). The van der Waals surface area contributed by atoms with Gasteiger partial charge in [0, 0.05) is 13.0 Å². The van der Waals surface area contributed by atoms with Crippen LogP contribution in [0.15, 0.2) is 30.3 Å². The summed E-state index contributed by atoms with van der Waals surface area (Å²) in [5.74, 6) is 0.903. The molecule has 2 rings (SSSR count). The Kier molecular flexibility index (Phi) is 5.71. The summed E-state index contributed by atoms with van der Waals surface area (Å²) in [6.07, 6.45) is 6.95. The first-order chi connectivity index (χ1) is 9.25. The number of rotatable bonds is 6. The minimum atomic E-state index is -0.142. The van der Waals surface area contributed by atoms with Gasteiger partial charge in [0.25, 0.3) is 0 Å². The average molecular weight is 280 g/mol. The molecule has 0 aromatic heterocycles. The summed E-state index contributed by atoms with van der Waals surface area (Å²) in [6, 6.07) is 9.87. The normalized spacial score (nSPS) is 17.3. The quantitative estimate of drug-likeness (QED) is 0.782. The van der Waals surface area contributed by atoms with E-state index in [1.54, 1.807) is 0 Å². The summed E-state index contributed by atoms with van der Waals surface area (Å²) in [7, 11) is 0.